The fourth-order valence-corrected chi connectivity index (χ4v) is 3.66. The van der Waals surface area contributed by atoms with Gasteiger partial charge in [-0.1, -0.05) is 41.9 Å². The van der Waals surface area contributed by atoms with Gasteiger partial charge < -0.3 is 9.84 Å². The van der Waals surface area contributed by atoms with Crippen LogP contribution in [0.1, 0.15) is 66.7 Å². The largest absolute Gasteiger partial charge is 0.491 e. The summed E-state index contributed by atoms with van der Waals surface area (Å²) < 4.78 is 43.5. The van der Waals surface area contributed by atoms with Gasteiger partial charge in [-0.05, 0) is 59.8 Å². The molecule has 7 heteroatoms. The molecule has 4 nitrogen and oxygen atoms in total. The van der Waals surface area contributed by atoms with Crippen molar-refractivity contribution in [2.45, 2.75) is 79.1 Å². The van der Waals surface area contributed by atoms with E-state index in [-0.39, 0.29) is 0 Å². The summed E-state index contributed by atoms with van der Waals surface area (Å²) in [7, 11) is 1.13. The summed E-state index contributed by atoms with van der Waals surface area (Å²) in [5, 5.41) is 11.9. The molecule has 3 atom stereocenters. The number of rotatable bonds is 10. The number of carbonyl (C=O) groups excluding carboxylic acids is 1. The molecule has 1 aliphatic rings. The first-order valence-corrected chi connectivity index (χ1v) is 10.7. The third-order valence-corrected chi connectivity index (χ3v) is 5.57. The molecule has 176 valence electrons. The zero-order chi connectivity index (χ0) is 23.8. The normalized spacial score (nSPS) is 23.2. The number of carbonyl (C=O) groups is 1. The van der Waals surface area contributed by atoms with E-state index >= 15 is 0 Å². The monoisotopic (exact) mass is 443 g/mol. The van der Waals surface area contributed by atoms with Gasteiger partial charge in [-0.15, -0.1) is 0 Å². The van der Waals surface area contributed by atoms with E-state index in [1.54, 1.807) is 6.92 Å². The van der Waals surface area contributed by atoms with Gasteiger partial charge in [0.15, 0.2) is 5.76 Å². The van der Waals surface area contributed by atoms with Crippen LogP contribution in [-0.2, 0) is 9.53 Å². The third kappa shape index (κ3) is 8.93. The molecule has 0 spiro atoms. The van der Waals surface area contributed by atoms with E-state index < -0.39 is 41.5 Å². The number of hydrogen-bond donors (Lipinski definition) is 2. The lowest BCUT2D eigenvalue weighted by molar-refractivity contribution is -0.156. The van der Waals surface area contributed by atoms with Gasteiger partial charge in [-0.2, -0.15) is 13.2 Å². The minimum Gasteiger partial charge on any atom is -0.491 e. The SMILES string of the molecule is COC1=C(NC(F)(F)F)[C@@H](O)[C@@H](C/C=C(\C)CC/C=C(\C)CCC=C(C)C)[C@H](C)C1=O. The van der Waals surface area contributed by atoms with Crippen molar-refractivity contribution >= 4 is 5.78 Å². The van der Waals surface area contributed by atoms with Gasteiger partial charge >= 0.3 is 6.30 Å². The predicted octanol–water partition coefficient (Wildman–Crippen LogP) is 5.96. The second-order valence-corrected chi connectivity index (χ2v) is 8.53. The van der Waals surface area contributed by atoms with Crippen LogP contribution in [0.15, 0.2) is 46.4 Å². The van der Waals surface area contributed by atoms with E-state index in [9.17, 15) is 23.1 Å². The second-order valence-electron chi connectivity index (χ2n) is 8.53. The molecule has 0 fully saturated rings. The van der Waals surface area contributed by atoms with Crippen molar-refractivity contribution in [1.29, 1.82) is 0 Å². The molecule has 0 unspecified atom stereocenters. The Bertz CT molecular complexity index is 744. The van der Waals surface area contributed by atoms with Gasteiger partial charge in [0.25, 0.3) is 0 Å². The van der Waals surface area contributed by atoms with Crippen LogP contribution in [0, 0.1) is 11.8 Å². The molecule has 1 rings (SSSR count). The Morgan fingerprint density at radius 1 is 1.06 bits per heavy atom. The number of allylic oxidation sites excluding steroid dienone is 7. The van der Waals surface area contributed by atoms with Crippen LogP contribution >= 0.6 is 0 Å². The molecular weight excluding hydrogens is 407 g/mol. The van der Waals surface area contributed by atoms with Crippen molar-refractivity contribution in [1.82, 2.24) is 5.32 Å². The van der Waals surface area contributed by atoms with Crippen LogP contribution in [0.4, 0.5) is 13.2 Å². The molecule has 0 radical (unpaired) electrons. The maximum atomic E-state index is 12.9. The molecule has 0 aliphatic heterocycles. The average molecular weight is 444 g/mol. The van der Waals surface area contributed by atoms with Gasteiger partial charge in [-0.3, -0.25) is 10.1 Å². The summed E-state index contributed by atoms with van der Waals surface area (Å²) >= 11 is 0. The smallest absolute Gasteiger partial charge is 0.482 e. The third-order valence-electron chi connectivity index (χ3n) is 5.57. The van der Waals surface area contributed by atoms with Gasteiger partial charge in [0.05, 0.1) is 12.8 Å². The molecule has 0 saturated heterocycles. The highest BCUT2D eigenvalue weighted by atomic mass is 19.4. The summed E-state index contributed by atoms with van der Waals surface area (Å²) in [5.41, 5.74) is 3.11. The average Bonchev–Trinajstić information content (AvgIpc) is 2.65. The summed E-state index contributed by atoms with van der Waals surface area (Å²) in [6, 6.07) is 0. The lowest BCUT2D eigenvalue weighted by Crippen LogP contribution is -2.47. The van der Waals surface area contributed by atoms with Crippen molar-refractivity contribution < 1.29 is 27.8 Å². The fraction of sp³-hybridized carbons (Fsp3) is 0.625. The minimum absolute atomic E-state index is 0.309. The van der Waals surface area contributed by atoms with Crippen LogP contribution in [-0.4, -0.2) is 30.4 Å². The Hall–Kier alpha value is -2.02. The van der Waals surface area contributed by atoms with Crippen molar-refractivity contribution in [3.05, 3.63) is 46.4 Å². The molecule has 0 aromatic rings. The van der Waals surface area contributed by atoms with E-state index in [1.807, 2.05) is 13.0 Å². The first kappa shape index (κ1) is 27.0. The molecular formula is C24H36F3NO3. The van der Waals surface area contributed by atoms with Crippen LogP contribution in [0.25, 0.3) is 0 Å². The van der Waals surface area contributed by atoms with E-state index in [2.05, 4.69) is 32.9 Å². The number of ether oxygens (including phenoxy) is 1. The fourth-order valence-electron chi connectivity index (χ4n) is 3.66. The van der Waals surface area contributed by atoms with E-state index in [4.69, 9.17) is 4.74 Å². The van der Waals surface area contributed by atoms with Gasteiger partial charge in [0, 0.05) is 11.8 Å². The maximum absolute atomic E-state index is 12.9. The van der Waals surface area contributed by atoms with E-state index in [0.29, 0.717) is 6.42 Å². The number of nitrogens with one attached hydrogen (secondary N) is 1. The van der Waals surface area contributed by atoms with Crippen molar-refractivity contribution in [2.75, 3.05) is 7.11 Å². The van der Waals surface area contributed by atoms with E-state index in [1.165, 1.54) is 16.5 Å². The Kier molecular flexibility index (Phi) is 10.6. The van der Waals surface area contributed by atoms with Crippen molar-refractivity contribution in [3.8, 4) is 0 Å². The molecule has 0 heterocycles. The topological polar surface area (TPSA) is 58.6 Å². The highest BCUT2D eigenvalue weighted by Gasteiger charge is 2.44. The van der Waals surface area contributed by atoms with Gasteiger partial charge in [0.1, 0.15) is 6.10 Å². The zero-order valence-electron chi connectivity index (χ0n) is 19.4. The van der Waals surface area contributed by atoms with Gasteiger partial charge in [-0.25, -0.2) is 0 Å². The Balaban J connectivity index is 2.78. The second kappa shape index (κ2) is 12.1. The minimum atomic E-state index is -4.77. The number of methoxy groups -OCH3 is 1. The Labute approximate surface area is 183 Å². The molecule has 1 aliphatic carbocycles. The molecule has 0 bridgehead atoms. The first-order valence-electron chi connectivity index (χ1n) is 10.7. The van der Waals surface area contributed by atoms with Crippen LogP contribution in [0.5, 0.6) is 0 Å². The molecule has 0 saturated carbocycles. The number of aliphatic hydroxyl groups excluding tert-OH is 1. The van der Waals surface area contributed by atoms with Gasteiger partial charge in [0.2, 0.25) is 5.78 Å². The standard InChI is InChI=1S/C24H36F3NO3/c1-15(2)9-7-10-16(3)11-8-12-17(4)13-14-19-18(5)21(29)23(31-6)20(22(19)30)28-24(25,26)27/h9,11,13,18-19,22,28,30H,7-8,10,12,14H2,1-6H3/b16-11+,17-13+/t18-,19-,22-/m0/s1. The Morgan fingerprint density at radius 3 is 2.13 bits per heavy atom. The number of hydrogen-bond acceptors (Lipinski definition) is 4. The number of halogens is 3. The molecule has 31 heavy (non-hydrogen) atoms. The molecule has 0 amide bonds. The van der Waals surface area contributed by atoms with Crippen LogP contribution in [0.2, 0.25) is 0 Å². The predicted molar refractivity (Wildman–Crippen MR) is 117 cm³/mol. The van der Waals surface area contributed by atoms with E-state index in [0.717, 1.165) is 38.4 Å². The quantitative estimate of drug-likeness (QED) is 0.323. The first-order chi connectivity index (χ1) is 14.4. The maximum Gasteiger partial charge on any atom is 0.482 e. The Morgan fingerprint density at radius 2 is 1.61 bits per heavy atom. The molecule has 2 N–H and O–H groups in total. The number of aliphatic hydroxyl groups is 1. The number of alkyl halides is 3. The van der Waals surface area contributed by atoms with Crippen molar-refractivity contribution in [2.24, 2.45) is 11.8 Å². The van der Waals surface area contributed by atoms with Crippen molar-refractivity contribution in [3.63, 3.8) is 0 Å². The summed E-state index contributed by atoms with van der Waals surface area (Å²) in [5.74, 6) is -2.30. The summed E-state index contributed by atoms with van der Waals surface area (Å²) in [4.78, 5) is 12.5. The lowest BCUT2D eigenvalue weighted by atomic mass is 9.76. The zero-order valence-corrected chi connectivity index (χ0v) is 19.4. The van der Waals surface area contributed by atoms with Crippen LogP contribution < -0.4 is 5.32 Å². The summed E-state index contributed by atoms with van der Waals surface area (Å²) in [6.07, 6.45) is 4.13. The number of ketones is 1. The molecule has 0 aromatic heterocycles. The summed E-state index contributed by atoms with van der Waals surface area (Å²) in [6.45, 7) is 9.84. The molecule has 0 aromatic carbocycles. The lowest BCUT2D eigenvalue weighted by Gasteiger charge is -2.35. The van der Waals surface area contributed by atoms with Crippen LogP contribution in [0.3, 0.4) is 0 Å². The highest BCUT2D eigenvalue weighted by Crippen LogP contribution is 2.35. The number of Topliss-reactive ketones (excluding diaryl/α,β-unsaturated/α-hetero) is 1. The highest BCUT2D eigenvalue weighted by molar-refractivity contribution is 5.97.